The van der Waals surface area contributed by atoms with Crippen LogP contribution in [-0.4, -0.2) is 18.1 Å². The van der Waals surface area contributed by atoms with E-state index < -0.39 is 8.60 Å². The van der Waals surface area contributed by atoms with Gasteiger partial charge in [-0.05, 0) is 13.8 Å². The Morgan fingerprint density at radius 1 is 1.10 bits per heavy atom. The first-order valence-electron chi connectivity index (χ1n) is 2.89. The normalized spacial score (nSPS) is 10.8. The third-order valence-corrected chi connectivity index (χ3v) is 0.935. The zero-order valence-electron chi connectivity index (χ0n) is 5.94. The second-order valence-corrected chi connectivity index (χ2v) is 1.97. The summed E-state index contributed by atoms with van der Waals surface area (Å²) in [5.41, 5.74) is 0. The van der Waals surface area contributed by atoms with Gasteiger partial charge in [0.2, 0.25) is 0 Å². The maximum Gasteiger partial charge on any atom is 0.389 e. The summed E-state index contributed by atoms with van der Waals surface area (Å²) in [4.78, 5) is 17.4. The van der Waals surface area contributed by atoms with Crippen molar-refractivity contribution < 1.29 is 24.0 Å². The highest BCUT2D eigenvalue weighted by atomic mass is 31.2. The van der Waals surface area contributed by atoms with Crippen LogP contribution in [0.2, 0.25) is 0 Å². The van der Waals surface area contributed by atoms with Crippen LogP contribution in [0.3, 0.4) is 0 Å². The lowest BCUT2D eigenvalue weighted by molar-refractivity contribution is -0.263. The fourth-order valence-corrected chi connectivity index (χ4v) is 0.624. The molecule has 0 radical (unpaired) electrons. The Bertz CT molecular complexity index is 62.7. The summed E-state index contributed by atoms with van der Waals surface area (Å²) in [6, 6.07) is 0. The molecule has 0 aliphatic rings. The van der Waals surface area contributed by atoms with Gasteiger partial charge in [-0.3, -0.25) is 0 Å². The van der Waals surface area contributed by atoms with E-state index in [1.165, 1.54) is 0 Å². The molecule has 0 bridgehead atoms. The number of rotatable bonds is 6. The van der Waals surface area contributed by atoms with Gasteiger partial charge in [-0.15, -0.1) is 0 Å². The smallest absolute Gasteiger partial charge is 0.325 e. The van der Waals surface area contributed by atoms with E-state index in [9.17, 15) is 0 Å². The Labute approximate surface area is 60.7 Å². The van der Waals surface area contributed by atoms with Gasteiger partial charge in [0.15, 0.2) is 0 Å². The van der Waals surface area contributed by atoms with Crippen LogP contribution in [0.5, 0.6) is 0 Å². The lowest BCUT2D eigenvalue weighted by atomic mass is 10.9. The Balaban J connectivity index is 3.00. The average Bonchev–Trinajstić information content (AvgIpc) is 1.97. The molecule has 0 fully saturated rings. The molecule has 6 heteroatoms. The van der Waals surface area contributed by atoms with E-state index in [1.807, 2.05) is 0 Å². The van der Waals surface area contributed by atoms with Crippen LogP contribution in [0.4, 0.5) is 0 Å². The Morgan fingerprint density at radius 2 is 1.50 bits per heavy atom. The van der Waals surface area contributed by atoms with Crippen LogP contribution < -0.4 is 0 Å². The molecule has 0 rings (SSSR count). The van der Waals surface area contributed by atoms with Crippen LogP contribution in [0.15, 0.2) is 0 Å². The molecule has 0 aliphatic heterocycles. The minimum absolute atomic E-state index is 0.356. The quantitative estimate of drug-likeness (QED) is 0.368. The summed E-state index contributed by atoms with van der Waals surface area (Å²) in [5, 5.41) is 0. The Hall–Kier alpha value is 0.230. The summed E-state index contributed by atoms with van der Waals surface area (Å²) in [6.45, 7) is 4.16. The van der Waals surface area contributed by atoms with E-state index in [1.54, 1.807) is 13.8 Å². The van der Waals surface area contributed by atoms with Crippen molar-refractivity contribution in [1.82, 2.24) is 0 Å². The third kappa shape index (κ3) is 6.35. The van der Waals surface area contributed by atoms with Crippen LogP contribution in [0.25, 0.3) is 0 Å². The predicted molar refractivity (Wildman–Crippen MR) is 34.6 cm³/mol. The van der Waals surface area contributed by atoms with E-state index in [-0.39, 0.29) is 0 Å². The van der Waals surface area contributed by atoms with E-state index >= 15 is 0 Å². The molecule has 0 aromatic carbocycles. The van der Waals surface area contributed by atoms with Crippen LogP contribution in [0, 0.1) is 0 Å². The largest absolute Gasteiger partial charge is 0.389 e. The zero-order chi connectivity index (χ0) is 7.82. The molecule has 0 aromatic heterocycles. The molecule has 0 amide bonds. The average molecular weight is 170 g/mol. The van der Waals surface area contributed by atoms with Crippen molar-refractivity contribution in [2.24, 2.45) is 0 Å². The molecule has 0 aromatic rings. The standard InChI is InChI=1S/C4H11O5P/c1-3-6-8-10(5)9-7-4-2/h5H,3-4H2,1-2H3. The van der Waals surface area contributed by atoms with E-state index in [4.69, 9.17) is 4.89 Å². The van der Waals surface area contributed by atoms with Crippen LogP contribution >= 0.6 is 8.60 Å². The minimum atomic E-state index is -2.04. The molecule has 1 N–H and O–H groups in total. The van der Waals surface area contributed by atoms with Crippen molar-refractivity contribution in [2.75, 3.05) is 13.2 Å². The molecular weight excluding hydrogens is 159 g/mol. The molecule has 0 spiro atoms. The number of hydrogen-bond donors (Lipinski definition) is 1. The van der Waals surface area contributed by atoms with Gasteiger partial charge < -0.3 is 4.89 Å². The first-order valence-corrected chi connectivity index (χ1v) is 4.02. The maximum atomic E-state index is 8.68. The molecule has 0 unspecified atom stereocenters. The first-order chi connectivity index (χ1) is 4.81. The Morgan fingerprint density at radius 3 is 1.80 bits per heavy atom. The van der Waals surface area contributed by atoms with Gasteiger partial charge in [0, 0.05) is 0 Å². The molecule has 0 saturated heterocycles. The van der Waals surface area contributed by atoms with Gasteiger partial charge in [0.05, 0.1) is 13.2 Å². The van der Waals surface area contributed by atoms with E-state index in [0.717, 1.165) is 0 Å². The van der Waals surface area contributed by atoms with Gasteiger partial charge in [-0.25, -0.2) is 9.78 Å². The third-order valence-electron chi connectivity index (χ3n) is 0.469. The van der Waals surface area contributed by atoms with Crippen molar-refractivity contribution >= 4 is 8.60 Å². The van der Waals surface area contributed by atoms with E-state index in [2.05, 4.69) is 19.1 Å². The summed E-state index contributed by atoms with van der Waals surface area (Å²) < 4.78 is 8.53. The maximum absolute atomic E-state index is 8.68. The molecule has 0 saturated carbocycles. The zero-order valence-corrected chi connectivity index (χ0v) is 6.84. The molecule has 62 valence electrons. The summed E-state index contributed by atoms with van der Waals surface area (Å²) in [6.07, 6.45) is 0. The monoisotopic (exact) mass is 170 g/mol. The van der Waals surface area contributed by atoms with Crippen molar-refractivity contribution in [3.63, 3.8) is 0 Å². The molecular formula is C4H11O5P. The van der Waals surface area contributed by atoms with Gasteiger partial charge in [0.1, 0.15) is 0 Å². The molecule has 0 aliphatic carbocycles. The van der Waals surface area contributed by atoms with Crippen LogP contribution in [-0.2, 0) is 19.1 Å². The molecule has 5 nitrogen and oxygen atoms in total. The van der Waals surface area contributed by atoms with Crippen molar-refractivity contribution in [3.8, 4) is 0 Å². The summed E-state index contributed by atoms with van der Waals surface area (Å²) >= 11 is 0. The van der Waals surface area contributed by atoms with E-state index in [0.29, 0.717) is 13.2 Å². The second-order valence-electron chi connectivity index (χ2n) is 1.20. The fourth-order valence-electron chi connectivity index (χ4n) is 0.208. The predicted octanol–water partition coefficient (Wildman–Crippen LogP) is 1.14. The van der Waals surface area contributed by atoms with Gasteiger partial charge >= 0.3 is 8.60 Å². The summed E-state index contributed by atoms with van der Waals surface area (Å²) in [7, 11) is -2.04. The molecule has 0 heterocycles. The topological polar surface area (TPSA) is 57.2 Å². The summed E-state index contributed by atoms with van der Waals surface area (Å²) in [5.74, 6) is 0. The lowest BCUT2D eigenvalue weighted by Crippen LogP contribution is -1.93. The van der Waals surface area contributed by atoms with Gasteiger partial charge in [-0.2, -0.15) is 9.35 Å². The van der Waals surface area contributed by atoms with Gasteiger partial charge in [0.25, 0.3) is 0 Å². The molecule has 10 heavy (non-hydrogen) atoms. The SMILES string of the molecule is CCOOP(O)OOCC. The second kappa shape index (κ2) is 7.34. The Kier molecular flexibility index (Phi) is 7.51. The van der Waals surface area contributed by atoms with Crippen molar-refractivity contribution in [3.05, 3.63) is 0 Å². The highest BCUT2D eigenvalue weighted by molar-refractivity contribution is 7.40. The minimum Gasteiger partial charge on any atom is -0.325 e. The van der Waals surface area contributed by atoms with Crippen molar-refractivity contribution in [2.45, 2.75) is 13.8 Å². The van der Waals surface area contributed by atoms with Crippen molar-refractivity contribution in [1.29, 1.82) is 0 Å². The fraction of sp³-hybridized carbons (Fsp3) is 1.00. The highest BCUT2D eigenvalue weighted by Gasteiger charge is 2.07. The lowest BCUT2D eigenvalue weighted by Gasteiger charge is -2.05. The number of hydrogen-bond acceptors (Lipinski definition) is 5. The molecule has 0 atom stereocenters. The first kappa shape index (κ1) is 10.2. The van der Waals surface area contributed by atoms with Gasteiger partial charge in [-0.1, -0.05) is 0 Å². The van der Waals surface area contributed by atoms with Crippen LogP contribution in [0.1, 0.15) is 13.8 Å². The highest BCUT2D eigenvalue weighted by Crippen LogP contribution is 2.32.